The second-order valence-electron chi connectivity index (χ2n) is 4.21. The molecule has 2 heterocycles. The van der Waals surface area contributed by atoms with Crippen LogP contribution in [0.2, 0.25) is 0 Å². The summed E-state index contributed by atoms with van der Waals surface area (Å²) in [5, 5.41) is 0.589. The highest BCUT2D eigenvalue weighted by atomic mass is 16.1. The second kappa shape index (κ2) is 3.73. The molecule has 3 N–H and O–H groups in total. The van der Waals surface area contributed by atoms with Crippen molar-refractivity contribution in [2.24, 2.45) is 7.05 Å². The third-order valence-electron chi connectivity index (χ3n) is 2.96. The summed E-state index contributed by atoms with van der Waals surface area (Å²) in [4.78, 5) is 18.7. The van der Waals surface area contributed by atoms with E-state index in [1.807, 2.05) is 42.1 Å². The van der Waals surface area contributed by atoms with E-state index in [0.717, 1.165) is 11.1 Å². The van der Waals surface area contributed by atoms with Gasteiger partial charge in [-0.05, 0) is 17.7 Å². The Bertz CT molecular complexity index is 785. The molecule has 5 heteroatoms. The van der Waals surface area contributed by atoms with Crippen LogP contribution in [0.15, 0.2) is 41.6 Å². The summed E-state index contributed by atoms with van der Waals surface area (Å²) in [6.45, 7) is 0. The van der Waals surface area contributed by atoms with Crippen LogP contribution in [0.3, 0.4) is 0 Å². The van der Waals surface area contributed by atoms with E-state index in [1.54, 1.807) is 0 Å². The largest absolute Gasteiger partial charge is 0.399 e. The average molecular weight is 240 g/mol. The molecule has 1 aromatic carbocycles. The summed E-state index contributed by atoms with van der Waals surface area (Å²) in [5.74, 6) is 0. The number of nitrogens with two attached hydrogens (primary N) is 1. The van der Waals surface area contributed by atoms with Gasteiger partial charge < -0.3 is 15.3 Å². The maximum atomic E-state index is 11.9. The predicted molar refractivity (Wildman–Crippen MR) is 71.2 cm³/mol. The molecule has 0 fully saturated rings. The van der Waals surface area contributed by atoms with Crippen LogP contribution < -0.4 is 11.3 Å². The number of aryl methyl sites for hydroxylation is 1. The zero-order valence-electron chi connectivity index (χ0n) is 9.84. The lowest BCUT2D eigenvalue weighted by Crippen LogP contribution is -2.06. The number of nitrogen functional groups attached to an aromatic ring is 1. The van der Waals surface area contributed by atoms with Crippen LogP contribution in [0.25, 0.3) is 22.2 Å². The van der Waals surface area contributed by atoms with Crippen molar-refractivity contribution >= 4 is 16.7 Å². The van der Waals surface area contributed by atoms with E-state index in [0.29, 0.717) is 16.7 Å². The highest BCUT2D eigenvalue weighted by Gasteiger charge is 2.12. The van der Waals surface area contributed by atoms with Crippen LogP contribution in [0, 0.1) is 0 Å². The first-order valence-corrected chi connectivity index (χ1v) is 5.55. The lowest BCUT2D eigenvalue weighted by atomic mass is 10.1. The van der Waals surface area contributed by atoms with E-state index in [9.17, 15) is 4.79 Å². The van der Waals surface area contributed by atoms with Crippen molar-refractivity contribution < 1.29 is 0 Å². The molecule has 0 aliphatic rings. The first kappa shape index (κ1) is 10.6. The average Bonchev–Trinajstić information content (AvgIpc) is 2.69. The minimum Gasteiger partial charge on any atom is -0.399 e. The number of nitrogens with one attached hydrogen (secondary N) is 1. The van der Waals surface area contributed by atoms with Crippen LogP contribution in [-0.2, 0) is 7.05 Å². The first-order valence-electron chi connectivity index (χ1n) is 5.55. The number of hydrogen-bond acceptors (Lipinski definition) is 3. The third kappa shape index (κ3) is 1.48. The zero-order valence-corrected chi connectivity index (χ0v) is 9.84. The summed E-state index contributed by atoms with van der Waals surface area (Å²) in [7, 11) is 1.87. The van der Waals surface area contributed by atoms with Gasteiger partial charge in [0.2, 0.25) is 0 Å². The van der Waals surface area contributed by atoms with Gasteiger partial charge in [0.05, 0.1) is 11.7 Å². The number of nitrogens with zero attached hydrogens (tertiary/aromatic N) is 2. The number of hydrogen-bond donors (Lipinski definition) is 2. The van der Waals surface area contributed by atoms with Crippen LogP contribution in [0.1, 0.15) is 0 Å². The molecule has 0 amide bonds. The van der Waals surface area contributed by atoms with Crippen molar-refractivity contribution in [1.29, 1.82) is 0 Å². The SMILES string of the molecule is Cn1cc(-c2cccc(N)c2)c2c(=O)[nH]cnc21. The summed E-state index contributed by atoms with van der Waals surface area (Å²) in [6, 6.07) is 7.46. The highest BCUT2D eigenvalue weighted by molar-refractivity contribution is 5.93. The fraction of sp³-hybridized carbons (Fsp3) is 0.0769. The molecule has 0 spiro atoms. The van der Waals surface area contributed by atoms with Crippen molar-refractivity contribution in [3.8, 4) is 11.1 Å². The lowest BCUT2D eigenvalue weighted by molar-refractivity contribution is 0.942. The molecule has 0 aliphatic carbocycles. The normalized spacial score (nSPS) is 10.9. The summed E-state index contributed by atoms with van der Waals surface area (Å²) in [5.41, 5.74) is 8.73. The molecule has 0 bridgehead atoms. The smallest absolute Gasteiger partial charge is 0.260 e. The molecule has 3 rings (SSSR count). The zero-order chi connectivity index (χ0) is 12.7. The fourth-order valence-corrected chi connectivity index (χ4v) is 2.14. The Balaban J connectivity index is 2.40. The van der Waals surface area contributed by atoms with E-state index >= 15 is 0 Å². The van der Waals surface area contributed by atoms with Crippen molar-refractivity contribution in [3.05, 3.63) is 47.1 Å². The Kier molecular flexibility index (Phi) is 2.19. The predicted octanol–water partition coefficient (Wildman–Crippen LogP) is 1.51. The van der Waals surface area contributed by atoms with E-state index in [2.05, 4.69) is 9.97 Å². The Labute approximate surface area is 103 Å². The minimum absolute atomic E-state index is 0.141. The molecular formula is C13H12N4O. The second-order valence-corrected chi connectivity index (χ2v) is 4.21. The molecule has 0 aliphatic heterocycles. The maximum absolute atomic E-state index is 11.9. The summed E-state index contributed by atoms with van der Waals surface area (Å²) in [6.07, 6.45) is 3.30. The molecule has 18 heavy (non-hydrogen) atoms. The molecule has 0 radical (unpaired) electrons. The number of aromatic nitrogens is 3. The van der Waals surface area contributed by atoms with E-state index in [1.165, 1.54) is 6.33 Å². The van der Waals surface area contributed by atoms with Crippen LogP contribution in [0.4, 0.5) is 5.69 Å². The van der Waals surface area contributed by atoms with Crippen molar-refractivity contribution in [2.75, 3.05) is 5.73 Å². The van der Waals surface area contributed by atoms with Crippen LogP contribution >= 0.6 is 0 Å². The molecule has 0 saturated carbocycles. The highest BCUT2D eigenvalue weighted by Crippen LogP contribution is 2.27. The minimum atomic E-state index is -0.141. The molecule has 3 aromatic rings. The number of benzene rings is 1. The van der Waals surface area contributed by atoms with Gasteiger partial charge in [-0.1, -0.05) is 12.1 Å². The van der Waals surface area contributed by atoms with Gasteiger partial charge in [0.15, 0.2) is 0 Å². The Hall–Kier alpha value is -2.56. The number of aromatic amines is 1. The molecule has 0 atom stereocenters. The Morgan fingerprint density at radius 1 is 1.39 bits per heavy atom. The monoisotopic (exact) mass is 240 g/mol. The fourth-order valence-electron chi connectivity index (χ4n) is 2.14. The molecule has 0 saturated heterocycles. The standard InChI is InChI=1S/C13H12N4O/c1-17-6-10(8-3-2-4-9(14)5-8)11-12(17)15-7-16-13(11)18/h2-7H,14H2,1H3,(H,15,16,18). The van der Waals surface area contributed by atoms with E-state index < -0.39 is 0 Å². The number of fused-ring (bicyclic) bond motifs is 1. The topological polar surface area (TPSA) is 76.7 Å². The van der Waals surface area contributed by atoms with E-state index in [4.69, 9.17) is 5.73 Å². The van der Waals surface area contributed by atoms with Gasteiger partial charge in [-0.2, -0.15) is 0 Å². The number of H-pyrrole nitrogens is 1. The molecule has 2 aromatic heterocycles. The van der Waals surface area contributed by atoms with Crippen molar-refractivity contribution in [3.63, 3.8) is 0 Å². The molecule has 0 unspecified atom stereocenters. The molecule has 90 valence electrons. The van der Waals surface area contributed by atoms with Crippen molar-refractivity contribution in [2.45, 2.75) is 0 Å². The quantitative estimate of drug-likeness (QED) is 0.633. The van der Waals surface area contributed by atoms with Gasteiger partial charge in [0.1, 0.15) is 5.65 Å². The van der Waals surface area contributed by atoms with Gasteiger partial charge in [-0.3, -0.25) is 4.79 Å². The maximum Gasteiger partial charge on any atom is 0.260 e. The van der Waals surface area contributed by atoms with E-state index in [-0.39, 0.29) is 5.56 Å². The molecular weight excluding hydrogens is 228 g/mol. The number of rotatable bonds is 1. The van der Waals surface area contributed by atoms with Gasteiger partial charge in [-0.25, -0.2) is 4.98 Å². The summed E-state index contributed by atoms with van der Waals surface area (Å²) < 4.78 is 1.84. The van der Waals surface area contributed by atoms with Gasteiger partial charge in [0, 0.05) is 24.5 Å². The number of anilines is 1. The van der Waals surface area contributed by atoms with Gasteiger partial charge in [-0.15, -0.1) is 0 Å². The third-order valence-corrected chi connectivity index (χ3v) is 2.96. The van der Waals surface area contributed by atoms with Crippen LogP contribution in [0.5, 0.6) is 0 Å². The molecule has 5 nitrogen and oxygen atoms in total. The Morgan fingerprint density at radius 2 is 2.22 bits per heavy atom. The first-order chi connectivity index (χ1) is 8.66. The van der Waals surface area contributed by atoms with Gasteiger partial charge >= 0.3 is 0 Å². The lowest BCUT2D eigenvalue weighted by Gasteiger charge is -1.99. The Morgan fingerprint density at radius 3 is 3.00 bits per heavy atom. The summed E-state index contributed by atoms with van der Waals surface area (Å²) >= 11 is 0. The van der Waals surface area contributed by atoms with Crippen molar-refractivity contribution in [1.82, 2.24) is 14.5 Å². The van der Waals surface area contributed by atoms with Gasteiger partial charge in [0.25, 0.3) is 5.56 Å². The van der Waals surface area contributed by atoms with Crippen LogP contribution in [-0.4, -0.2) is 14.5 Å².